The fraction of sp³-hybridized carbons (Fsp3) is 0.231. The van der Waals surface area contributed by atoms with E-state index in [1.807, 2.05) is 55.8 Å². The zero-order valence-electron chi connectivity index (χ0n) is 9.52. The van der Waals surface area contributed by atoms with Crippen LogP contribution in [0.5, 0.6) is 0 Å². The summed E-state index contributed by atoms with van der Waals surface area (Å²) in [4.78, 5) is 17.0. The van der Waals surface area contributed by atoms with Gasteiger partial charge in [0, 0.05) is 12.4 Å². The summed E-state index contributed by atoms with van der Waals surface area (Å²) in [7, 11) is 0. The summed E-state index contributed by atoms with van der Waals surface area (Å²) in [6.45, 7) is 1.86. The van der Waals surface area contributed by atoms with Gasteiger partial charge in [0.05, 0.1) is 12.0 Å². The van der Waals surface area contributed by atoms with Gasteiger partial charge in [0.15, 0.2) is 0 Å². The van der Waals surface area contributed by atoms with E-state index in [2.05, 4.69) is 4.99 Å². The second kappa shape index (κ2) is 3.73. The van der Waals surface area contributed by atoms with Crippen LogP contribution in [0.4, 0.5) is 0 Å². The van der Waals surface area contributed by atoms with Gasteiger partial charge in [-0.1, -0.05) is 24.3 Å². The number of carbonyl (C=O) groups is 1. The lowest BCUT2D eigenvalue weighted by Crippen LogP contribution is -2.52. The highest BCUT2D eigenvalue weighted by atomic mass is 16.2. The van der Waals surface area contributed by atoms with Crippen LogP contribution in [0.1, 0.15) is 6.92 Å². The van der Waals surface area contributed by atoms with Gasteiger partial charge < -0.3 is 0 Å². The van der Waals surface area contributed by atoms with Crippen LogP contribution in [0, 0.1) is 5.92 Å². The van der Waals surface area contributed by atoms with Gasteiger partial charge in [-0.15, -0.1) is 0 Å². The predicted molar refractivity (Wildman–Crippen MR) is 66.3 cm³/mol. The highest BCUT2D eigenvalue weighted by molar-refractivity contribution is 6.13. The van der Waals surface area contributed by atoms with Crippen molar-refractivity contribution in [2.45, 2.75) is 13.0 Å². The van der Waals surface area contributed by atoms with Gasteiger partial charge in [0.2, 0.25) is 0 Å². The third kappa shape index (κ3) is 1.53. The number of carbonyl (C=O) groups excluding carboxylic acids is 1. The molecule has 0 saturated heterocycles. The molecular formula is C13H13N3O. The molecular weight excluding hydrogens is 214 g/mol. The highest BCUT2D eigenvalue weighted by Gasteiger charge is 2.35. The minimum atomic E-state index is -0.175. The number of fused-ring (bicyclic) bond motifs is 1. The molecule has 0 fully saturated rings. The van der Waals surface area contributed by atoms with Gasteiger partial charge in [-0.05, 0) is 19.1 Å². The Morgan fingerprint density at radius 1 is 1.18 bits per heavy atom. The van der Waals surface area contributed by atoms with Gasteiger partial charge in [-0.2, -0.15) is 0 Å². The van der Waals surface area contributed by atoms with Crippen LogP contribution in [0.15, 0.2) is 53.8 Å². The van der Waals surface area contributed by atoms with Crippen LogP contribution in [-0.4, -0.2) is 22.5 Å². The summed E-state index contributed by atoms with van der Waals surface area (Å²) in [6.07, 6.45) is 11.4. The second-order valence-corrected chi connectivity index (χ2v) is 4.18. The van der Waals surface area contributed by atoms with E-state index < -0.39 is 0 Å². The van der Waals surface area contributed by atoms with Crippen molar-refractivity contribution in [1.82, 2.24) is 4.68 Å². The minimum absolute atomic E-state index is 0.0423. The van der Waals surface area contributed by atoms with Crippen molar-refractivity contribution in [3.63, 3.8) is 0 Å². The maximum Gasteiger partial charge on any atom is 0.256 e. The van der Waals surface area contributed by atoms with E-state index in [-0.39, 0.29) is 17.9 Å². The number of hydrogen-bond acceptors (Lipinski definition) is 2. The van der Waals surface area contributed by atoms with Crippen LogP contribution >= 0.6 is 0 Å². The quantitative estimate of drug-likeness (QED) is 0.716. The Hall–Kier alpha value is -2.10. The van der Waals surface area contributed by atoms with Crippen molar-refractivity contribution in [2.75, 3.05) is 5.01 Å². The fourth-order valence-electron chi connectivity index (χ4n) is 2.26. The van der Waals surface area contributed by atoms with E-state index in [0.29, 0.717) is 0 Å². The lowest BCUT2D eigenvalue weighted by atomic mass is 9.93. The average molecular weight is 227 g/mol. The van der Waals surface area contributed by atoms with Crippen LogP contribution in [0.25, 0.3) is 0 Å². The smallest absolute Gasteiger partial charge is 0.256 e. The van der Waals surface area contributed by atoms with Crippen molar-refractivity contribution >= 4 is 11.7 Å². The van der Waals surface area contributed by atoms with E-state index >= 15 is 0 Å². The Balaban J connectivity index is 2.04. The van der Waals surface area contributed by atoms with E-state index in [9.17, 15) is 4.79 Å². The van der Waals surface area contributed by atoms with Gasteiger partial charge >= 0.3 is 0 Å². The zero-order valence-corrected chi connectivity index (χ0v) is 9.52. The number of allylic oxidation sites excluding steroid dienone is 2. The molecule has 2 atom stereocenters. The number of hydrogen-bond donors (Lipinski definition) is 0. The average Bonchev–Trinajstić information content (AvgIpc) is 2.83. The Kier molecular flexibility index (Phi) is 2.21. The summed E-state index contributed by atoms with van der Waals surface area (Å²) in [5, 5.41) is 1.62. The van der Waals surface area contributed by atoms with E-state index in [1.165, 1.54) is 0 Å². The number of aliphatic imine (C=N–C) groups is 1. The van der Waals surface area contributed by atoms with E-state index in [4.69, 9.17) is 0 Å². The van der Waals surface area contributed by atoms with Gasteiger partial charge in [0.1, 0.15) is 5.84 Å². The molecule has 2 unspecified atom stereocenters. The zero-order chi connectivity index (χ0) is 11.8. The molecule has 0 bridgehead atoms. The first kappa shape index (κ1) is 10.1. The van der Waals surface area contributed by atoms with Crippen molar-refractivity contribution < 1.29 is 4.79 Å². The summed E-state index contributed by atoms with van der Waals surface area (Å²) in [5.41, 5.74) is 0. The fourth-order valence-corrected chi connectivity index (χ4v) is 2.26. The molecule has 1 aromatic heterocycles. The van der Waals surface area contributed by atoms with Gasteiger partial charge in [-0.25, -0.2) is 5.01 Å². The molecule has 17 heavy (non-hydrogen) atoms. The van der Waals surface area contributed by atoms with Gasteiger partial charge in [-0.3, -0.25) is 14.5 Å². The molecule has 1 aromatic rings. The molecule has 1 amide bonds. The molecule has 2 aliphatic rings. The van der Waals surface area contributed by atoms with Crippen molar-refractivity contribution in [3.8, 4) is 0 Å². The third-order valence-corrected chi connectivity index (χ3v) is 3.06. The largest absolute Gasteiger partial charge is 0.272 e. The molecule has 0 saturated carbocycles. The molecule has 0 radical (unpaired) electrons. The number of rotatable bonds is 1. The Morgan fingerprint density at radius 2 is 1.88 bits per heavy atom. The summed E-state index contributed by atoms with van der Waals surface area (Å²) < 4.78 is 1.77. The number of amidine groups is 1. The topological polar surface area (TPSA) is 37.6 Å². The first-order valence-corrected chi connectivity index (χ1v) is 5.64. The second-order valence-electron chi connectivity index (χ2n) is 4.18. The van der Waals surface area contributed by atoms with E-state index in [0.717, 1.165) is 5.84 Å². The molecule has 1 aliphatic carbocycles. The van der Waals surface area contributed by atoms with Crippen LogP contribution < -0.4 is 5.01 Å². The van der Waals surface area contributed by atoms with Gasteiger partial charge in [0.25, 0.3) is 5.91 Å². The van der Waals surface area contributed by atoms with E-state index in [1.54, 1.807) is 9.69 Å². The molecule has 0 aromatic carbocycles. The minimum Gasteiger partial charge on any atom is -0.272 e. The molecule has 86 valence electrons. The Morgan fingerprint density at radius 3 is 2.65 bits per heavy atom. The van der Waals surface area contributed by atoms with Crippen molar-refractivity contribution in [3.05, 3.63) is 48.8 Å². The molecule has 4 nitrogen and oxygen atoms in total. The summed E-state index contributed by atoms with van der Waals surface area (Å²) >= 11 is 0. The third-order valence-electron chi connectivity index (χ3n) is 3.06. The predicted octanol–water partition coefficient (Wildman–Crippen LogP) is 1.50. The summed E-state index contributed by atoms with van der Waals surface area (Å²) in [5.74, 6) is 0.623. The molecule has 4 heteroatoms. The number of amides is 1. The first-order valence-electron chi connectivity index (χ1n) is 5.64. The van der Waals surface area contributed by atoms with Crippen molar-refractivity contribution in [1.29, 1.82) is 0 Å². The lowest BCUT2D eigenvalue weighted by Gasteiger charge is -2.34. The van der Waals surface area contributed by atoms with Crippen LogP contribution in [-0.2, 0) is 4.79 Å². The SMILES string of the molecule is CC1=NC2C=CC=CC2C(=O)N1n1cccc1. The lowest BCUT2D eigenvalue weighted by molar-refractivity contribution is -0.122. The maximum absolute atomic E-state index is 12.4. The Bertz CT molecular complexity index is 525. The van der Waals surface area contributed by atoms with Crippen LogP contribution in [0.2, 0.25) is 0 Å². The van der Waals surface area contributed by atoms with Crippen LogP contribution in [0.3, 0.4) is 0 Å². The standard InChI is InChI=1S/C13H13N3O/c1-10-14-12-7-3-2-6-11(12)13(17)16(10)15-8-4-5-9-15/h2-9,11-12H,1H3. The Labute approximate surface area is 99.5 Å². The highest BCUT2D eigenvalue weighted by Crippen LogP contribution is 2.23. The molecule has 0 spiro atoms. The molecule has 3 rings (SSSR count). The molecule has 2 heterocycles. The number of aromatic nitrogens is 1. The number of nitrogens with zero attached hydrogens (tertiary/aromatic N) is 3. The molecule has 0 N–H and O–H groups in total. The van der Waals surface area contributed by atoms with Crippen molar-refractivity contribution in [2.24, 2.45) is 10.9 Å². The molecule has 1 aliphatic heterocycles. The monoisotopic (exact) mass is 227 g/mol. The first-order chi connectivity index (χ1) is 8.27. The summed E-state index contributed by atoms with van der Waals surface area (Å²) in [6, 6.07) is 3.74. The normalized spacial score (nSPS) is 27.0. The maximum atomic E-state index is 12.4.